The summed E-state index contributed by atoms with van der Waals surface area (Å²) in [5, 5.41) is 0. The number of aryl methyl sites for hydroxylation is 1. The molecule has 2 aromatic rings. The molecule has 1 heterocycles. The average Bonchev–Trinajstić information content (AvgIpc) is 2.83. The number of amides is 1. The van der Waals surface area contributed by atoms with Crippen LogP contribution in [0.25, 0.3) is 0 Å². The molecule has 0 atom stereocenters. The number of methoxy groups -OCH3 is 1. The van der Waals surface area contributed by atoms with Gasteiger partial charge in [0.1, 0.15) is 11.5 Å². The number of nitrogens with zero attached hydrogens (tertiary/aromatic N) is 3. The molecular formula is C24H33N3O5S. The van der Waals surface area contributed by atoms with Crippen molar-refractivity contribution in [1.82, 2.24) is 9.21 Å². The van der Waals surface area contributed by atoms with Gasteiger partial charge in [-0.3, -0.25) is 4.79 Å². The molecule has 8 nitrogen and oxygen atoms in total. The van der Waals surface area contributed by atoms with Crippen LogP contribution >= 0.6 is 0 Å². The molecule has 0 spiro atoms. The minimum absolute atomic E-state index is 0.169. The second kappa shape index (κ2) is 10.9. The maximum Gasteiger partial charge on any atom is 0.243 e. The van der Waals surface area contributed by atoms with Gasteiger partial charge in [-0.2, -0.15) is 4.31 Å². The lowest BCUT2D eigenvalue weighted by Gasteiger charge is -2.37. The van der Waals surface area contributed by atoms with E-state index >= 15 is 0 Å². The molecule has 0 N–H and O–H groups in total. The van der Waals surface area contributed by atoms with Crippen molar-refractivity contribution in [1.29, 1.82) is 0 Å². The topological polar surface area (TPSA) is 79.4 Å². The van der Waals surface area contributed by atoms with Crippen molar-refractivity contribution in [3.8, 4) is 11.5 Å². The van der Waals surface area contributed by atoms with Crippen LogP contribution in [0.2, 0.25) is 0 Å². The molecule has 0 aliphatic carbocycles. The molecule has 9 heteroatoms. The number of benzene rings is 2. The van der Waals surface area contributed by atoms with Crippen LogP contribution in [-0.2, 0) is 14.8 Å². The second-order valence-corrected chi connectivity index (χ2v) is 9.80. The normalized spacial score (nSPS) is 14.5. The molecule has 0 radical (unpaired) electrons. The number of hydrogen-bond acceptors (Lipinski definition) is 6. The van der Waals surface area contributed by atoms with E-state index in [1.807, 2.05) is 38.1 Å². The summed E-state index contributed by atoms with van der Waals surface area (Å²) in [5.41, 5.74) is 1.82. The van der Waals surface area contributed by atoms with E-state index in [2.05, 4.69) is 4.90 Å². The Morgan fingerprint density at radius 2 is 1.70 bits per heavy atom. The van der Waals surface area contributed by atoms with Crippen molar-refractivity contribution in [2.75, 3.05) is 57.9 Å². The third-order valence-electron chi connectivity index (χ3n) is 5.82. The van der Waals surface area contributed by atoms with Gasteiger partial charge in [-0.15, -0.1) is 0 Å². The zero-order chi connectivity index (χ0) is 24.0. The molecule has 1 amide bonds. The number of ether oxygens (including phenoxy) is 2. The van der Waals surface area contributed by atoms with Crippen LogP contribution in [0.1, 0.15) is 19.4 Å². The maximum absolute atomic E-state index is 13.2. The van der Waals surface area contributed by atoms with Gasteiger partial charge in [-0.25, -0.2) is 8.42 Å². The van der Waals surface area contributed by atoms with Crippen molar-refractivity contribution < 1.29 is 22.7 Å². The number of sulfonamides is 1. The van der Waals surface area contributed by atoms with E-state index in [4.69, 9.17) is 9.47 Å². The summed E-state index contributed by atoms with van der Waals surface area (Å²) in [6, 6.07) is 12.6. The fourth-order valence-electron chi connectivity index (χ4n) is 3.87. The third kappa shape index (κ3) is 5.78. The summed E-state index contributed by atoms with van der Waals surface area (Å²) in [4.78, 5) is 17.1. The maximum atomic E-state index is 13.2. The van der Waals surface area contributed by atoms with Crippen molar-refractivity contribution in [2.45, 2.75) is 25.7 Å². The zero-order valence-electron chi connectivity index (χ0n) is 19.8. The Hall–Kier alpha value is -2.78. The van der Waals surface area contributed by atoms with E-state index in [0.29, 0.717) is 38.5 Å². The molecule has 0 unspecified atom stereocenters. The fraction of sp³-hybridized carbons (Fsp3) is 0.458. The first-order chi connectivity index (χ1) is 15.8. The Labute approximate surface area is 196 Å². The summed E-state index contributed by atoms with van der Waals surface area (Å²) >= 11 is 0. The molecule has 33 heavy (non-hydrogen) atoms. The summed E-state index contributed by atoms with van der Waals surface area (Å²) < 4.78 is 38.3. The number of likely N-dealkylation sites (N-methyl/N-ethyl adjacent to an activating group) is 1. The molecule has 0 saturated carbocycles. The number of carbonyl (C=O) groups excluding carboxylic acids is 1. The first kappa shape index (κ1) is 24.9. The summed E-state index contributed by atoms with van der Waals surface area (Å²) in [7, 11) is -2.16. The Bertz CT molecular complexity index is 1050. The van der Waals surface area contributed by atoms with Crippen molar-refractivity contribution >= 4 is 21.6 Å². The number of hydrogen-bond donors (Lipinski definition) is 0. The molecule has 1 aliphatic heterocycles. The van der Waals surface area contributed by atoms with E-state index in [1.54, 1.807) is 31.1 Å². The number of piperazine rings is 1. The lowest BCUT2D eigenvalue weighted by molar-refractivity contribution is -0.131. The third-order valence-corrected chi connectivity index (χ3v) is 7.74. The van der Waals surface area contributed by atoms with Gasteiger partial charge < -0.3 is 19.3 Å². The van der Waals surface area contributed by atoms with Gasteiger partial charge >= 0.3 is 0 Å². The van der Waals surface area contributed by atoms with Crippen molar-refractivity contribution in [3.63, 3.8) is 0 Å². The zero-order valence-corrected chi connectivity index (χ0v) is 20.6. The van der Waals surface area contributed by atoms with Gasteiger partial charge in [0.15, 0.2) is 0 Å². The molecule has 2 aromatic carbocycles. The van der Waals surface area contributed by atoms with Crippen LogP contribution in [-0.4, -0.2) is 76.5 Å². The molecular weight excluding hydrogens is 442 g/mol. The quantitative estimate of drug-likeness (QED) is 0.555. The first-order valence-electron chi connectivity index (χ1n) is 11.2. The van der Waals surface area contributed by atoms with Gasteiger partial charge in [-0.05, 0) is 61.9 Å². The average molecular weight is 476 g/mol. The molecule has 3 rings (SSSR count). The number of anilines is 1. The van der Waals surface area contributed by atoms with Crippen LogP contribution in [0.3, 0.4) is 0 Å². The second-order valence-electron chi connectivity index (χ2n) is 7.86. The Kier molecular flexibility index (Phi) is 8.20. The van der Waals surface area contributed by atoms with E-state index < -0.39 is 10.0 Å². The predicted molar refractivity (Wildman–Crippen MR) is 129 cm³/mol. The van der Waals surface area contributed by atoms with Gasteiger partial charge in [0.25, 0.3) is 0 Å². The minimum atomic E-state index is -3.79. The Morgan fingerprint density at radius 1 is 1.03 bits per heavy atom. The highest BCUT2D eigenvalue weighted by molar-refractivity contribution is 7.89. The molecule has 1 saturated heterocycles. The van der Waals surface area contributed by atoms with Gasteiger partial charge in [0.05, 0.1) is 25.2 Å². The molecule has 1 aliphatic rings. The lowest BCUT2D eigenvalue weighted by atomic mass is 10.2. The minimum Gasteiger partial charge on any atom is -0.497 e. The fourth-order valence-corrected chi connectivity index (χ4v) is 5.36. The largest absolute Gasteiger partial charge is 0.497 e. The Balaban J connectivity index is 1.63. The van der Waals surface area contributed by atoms with Crippen LogP contribution < -0.4 is 14.4 Å². The molecule has 180 valence electrons. The highest BCUT2D eigenvalue weighted by atomic mass is 32.2. The monoisotopic (exact) mass is 475 g/mol. The SMILES string of the molecule is CCOc1ccc(S(=O)(=O)N(CC)CC(=O)N2CCN(c3ccc(OC)cc3)CC2)cc1C. The van der Waals surface area contributed by atoms with Gasteiger partial charge in [-0.1, -0.05) is 6.92 Å². The van der Waals surface area contributed by atoms with E-state index in [0.717, 1.165) is 17.0 Å². The van der Waals surface area contributed by atoms with Crippen molar-refractivity contribution in [3.05, 3.63) is 48.0 Å². The highest BCUT2D eigenvalue weighted by Gasteiger charge is 2.29. The van der Waals surface area contributed by atoms with Crippen LogP contribution in [0.5, 0.6) is 11.5 Å². The van der Waals surface area contributed by atoms with Crippen LogP contribution in [0.4, 0.5) is 5.69 Å². The van der Waals surface area contributed by atoms with Crippen LogP contribution in [0, 0.1) is 6.92 Å². The standard InChI is InChI=1S/C24H33N3O5S/c1-5-27(33(29,30)22-11-12-23(32-6-2)19(3)17-22)18-24(28)26-15-13-25(14-16-26)20-7-9-21(31-4)10-8-20/h7-12,17H,5-6,13-16,18H2,1-4H3. The summed E-state index contributed by atoms with van der Waals surface area (Å²) in [5.74, 6) is 1.28. The van der Waals surface area contributed by atoms with Gasteiger partial charge in [0.2, 0.25) is 15.9 Å². The number of carbonyl (C=O) groups is 1. The summed E-state index contributed by atoms with van der Waals surface area (Å²) in [6.45, 7) is 8.46. The van der Waals surface area contributed by atoms with E-state index in [1.165, 1.54) is 10.4 Å². The Morgan fingerprint density at radius 3 is 2.24 bits per heavy atom. The van der Waals surface area contributed by atoms with Gasteiger partial charge in [0, 0.05) is 38.4 Å². The number of rotatable bonds is 9. The molecule has 1 fully saturated rings. The highest BCUT2D eigenvalue weighted by Crippen LogP contribution is 2.25. The molecule has 0 aromatic heterocycles. The molecule has 0 bridgehead atoms. The van der Waals surface area contributed by atoms with Crippen LogP contribution in [0.15, 0.2) is 47.4 Å². The lowest BCUT2D eigenvalue weighted by Crippen LogP contribution is -2.51. The first-order valence-corrected chi connectivity index (χ1v) is 12.6. The van der Waals surface area contributed by atoms with E-state index in [9.17, 15) is 13.2 Å². The predicted octanol–water partition coefficient (Wildman–Crippen LogP) is 2.76. The smallest absolute Gasteiger partial charge is 0.243 e. The van der Waals surface area contributed by atoms with Crippen molar-refractivity contribution in [2.24, 2.45) is 0 Å². The summed E-state index contributed by atoms with van der Waals surface area (Å²) in [6.07, 6.45) is 0. The van der Waals surface area contributed by atoms with E-state index in [-0.39, 0.29) is 23.9 Å².